The topological polar surface area (TPSA) is 115 Å². The summed E-state index contributed by atoms with van der Waals surface area (Å²) in [6.45, 7) is 0.291. The molecule has 0 bridgehead atoms. The highest BCUT2D eigenvalue weighted by Crippen LogP contribution is 2.46. The number of fused-ring (bicyclic) bond motifs is 1. The molecule has 1 aromatic heterocycles. The zero-order valence-corrected chi connectivity index (χ0v) is 14.1. The van der Waals surface area contributed by atoms with Crippen LogP contribution in [0.25, 0.3) is 0 Å². The zero-order valence-electron chi connectivity index (χ0n) is 14.1. The molecule has 1 aliphatic rings. The summed E-state index contributed by atoms with van der Waals surface area (Å²) in [6.07, 6.45) is 0. The Labute approximate surface area is 144 Å². The van der Waals surface area contributed by atoms with E-state index in [0.717, 1.165) is 5.56 Å². The molecule has 0 radical (unpaired) electrons. The monoisotopic (exact) mass is 342 g/mol. The summed E-state index contributed by atoms with van der Waals surface area (Å²) in [6, 6.07) is 7.54. The van der Waals surface area contributed by atoms with Crippen molar-refractivity contribution in [1.29, 1.82) is 5.26 Å². The minimum absolute atomic E-state index is 0.0216. The number of nitriles is 1. The maximum absolute atomic E-state index is 9.65. The van der Waals surface area contributed by atoms with Crippen molar-refractivity contribution in [3.63, 3.8) is 0 Å². The molecule has 1 aromatic carbocycles. The van der Waals surface area contributed by atoms with E-state index in [1.54, 1.807) is 33.5 Å². The van der Waals surface area contributed by atoms with Crippen LogP contribution >= 0.6 is 0 Å². The number of H-pyrrole nitrogens is 1. The van der Waals surface area contributed by atoms with Gasteiger partial charge in [0.15, 0.2) is 0 Å². The summed E-state index contributed by atoms with van der Waals surface area (Å²) in [4.78, 5) is 0. The summed E-state index contributed by atoms with van der Waals surface area (Å²) in [5, 5.41) is 16.7. The standard InChI is InChI=1S/C17H18N4O4/c1-22-8-12-15-14(10-5-4-9(23-2)6-13(10)24-3)11(7-18)16(19)25-17(15)21-20-12/h4-6,14H,8,19H2,1-3H3,(H,20,21)/t14-/m1/s1. The fourth-order valence-corrected chi connectivity index (χ4v) is 2.93. The third kappa shape index (κ3) is 2.75. The largest absolute Gasteiger partial charge is 0.497 e. The van der Waals surface area contributed by atoms with Crippen molar-refractivity contribution in [2.24, 2.45) is 5.73 Å². The second kappa shape index (κ2) is 6.75. The van der Waals surface area contributed by atoms with Crippen LogP contribution in [0.4, 0.5) is 0 Å². The zero-order chi connectivity index (χ0) is 18.0. The third-order valence-corrected chi connectivity index (χ3v) is 4.06. The number of nitrogens with zero attached hydrogens (tertiary/aromatic N) is 2. The Morgan fingerprint density at radius 2 is 2.12 bits per heavy atom. The van der Waals surface area contributed by atoms with E-state index in [-0.39, 0.29) is 11.5 Å². The van der Waals surface area contributed by atoms with Gasteiger partial charge in [-0.3, -0.25) is 5.10 Å². The van der Waals surface area contributed by atoms with Crippen molar-refractivity contribution in [2.75, 3.05) is 21.3 Å². The molecular weight excluding hydrogens is 324 g/mol. The van der Waals surface area contributed by atoms with Gasteiger partial charge in [0.25, 0.3) is 0 Å². The van der Waals surface area contributed by atoms with E-state index >= 15 is 0 Å². The van der Waals surface area contributed by atoms with Crippen LogP contribution in [0.2, 0.25) is 0 Å². The van der Waals surface area contributed by atoms with Crippen LogP contribution < -0.4 is 19.9 Å². The van der Waals surface area contributed by atoms with Crippen LogP contribution in [0, 0.1) is 11.3 Å². The van der Waals surface area contributed by atoms with Gasteiger partial charge in [0.05, 0.1) is 38.0 Å². The van der Waals surface area contributed by atoms with Gasteiger partial charge in [0, 0.05) is 18.7 Å². The lowest BCUT2D eigenvalue weighted by Gasteiger charge is -2.25. The number of aromatic nitrogens is 2. The van der Waals surface area contributed by atoms with Crippen molar-refractivity contribution >= 4 is 0 Å². The molecule has 8 heteroatoms. The van der Waals surface area contributed by atoms with Crippen molar-refractivity contribution in [1.82, 2.24) is 10.2 Å². The van der Waals surface area contributed by atoms with Crippen molar-refractivity contribution in [3.8, 4) is 23.4 Å². The Morgan fingerprint density at radius 1 is 1.32 bits per heavy atom. The van der Waals surface area contributed by atoms with Gasteiger partial charge in [0.1, 0.15) is 23.1 Å². The highest BCUT2D eigenvalue weighted by atomic mass is 16.5. The van der Waals surface area contributed by atoms with Crippen LogP contribution in [0.15, 0.2) is 29.7 Å². The molecule has 3 N–H and O–H groups in total. The Kier molecular flexibility index (Phi) is 4.50. The molecule has 1 aliphatic heterocycles. The van der Waals surface area contributed by atoms with Gasteiger partial charge in [0.2, 0.25) is 11.8 Å². The van der Waals surface area contributed by atoms with Gasteiger partial charge in [-0.25, -0.2) is 0 Å². The Balaban J connectivity index is 2.23. The first-order chi connectivity index (χ1) is 12.1. The maximum Gasteiger partial charge on any atom is 0.244 e. The van der Waals surface area contributed by atoms with Gasteiger partial charge >= 0.3 is 0 Å². The number of aromatic amines is 1. The summed E-state index contributed by atoms with van der Waals surface area (Å²) < 4.78 is 21.5. The Morgan fingerprint density at radius 3 is 2.76 bits per heavy atom. The predicted molar refractivity (Wildman–Crippen MR) is 88.1 cm³/mol. The van der Waals surface area contributed by atoms with Gasteiger partial charge in [-0.05, 0) is 6.07 Å². The minimum atomic E-state index is -0.487. The van der Waals surface area contributed by atoms with E-state index in [1.807, 2.05) is 6.07 Å². The SMILES string of the molecule is COCc1[nH]nc2c1[C@H](c1ccc(OC)cc1OC)C(C#N)=C(N)O2. The lowest BCUT2D eigenvalue weighted by atomic mass is 9.83. The molecule has 130 valence electrons. The van der Waals surface area contributed by atoms with E-state index in [4.69, 9.17) is 24.7 Å². The van der Waals surface area contributed by atoms with Crippen LogP contribution in [0.1, 0.15) is 22.7 Å². The Bertz CT molecular complexity index is 866. The molecule has 2 heterocycles. The molecule has 0 unspecified atom stereocenters. The highest BCUT2D eigenvalue weighted by Gasteiger charge is 2.36. The molecule has 0 amide bonds. The van der Waals surface area contributed by atoms with Crippen LogP contribution in [-0.2, 0) is 11.3 Å². The molecular formula is C17H18N4O4. The number of nitrogens with one attached hydrogen (secondary N) is 1. The lowest BCUT2D eigenvalue weighted by molar-refractivity contribution is 0.180. The quantitative estimate of drug-likeness (QED) is 0.851. The average Bonchev–Trinajstić information content (AvgIpc) is 3.02. The molecule has 0 spiro atoms. The number of rotatable bonds is 5. The average molecular weight is 342 g/mol. The summed E-state index contributed by atoms with van der Waals surface area (Å²) in [7, 11) is 4.71. The van der Waals surface area contributed by atoms with Crippen molar-refractivity contribution < 1.29 is 18.9 Å². The van der Waals surface area contributed by atoms with Crippen LogP contribution in [0.3, 0.4) is 0 Å². The molecule has 0 saturated carbocycles. The Hall–Kier alpha value is -3.18. The number of nitrogens with two attached hydrogens (primary N) is 1. The van der Waals surface area contributed by atoms with Crippen LogP contribution in [-0.4, -0.2) is 31.5 Å². The number of hydrogen-bond donors (Lipinski definition) is 2. The molecule has 0 aliphatic carbocycles. The summed E-state index contributed by atoms with van der Waals surface area (Å²) in [5.74, 6) is 1.08. The second-order valence-corrected chi connectivity index (χ2v) is 5.39. The fraction of sp³-hybridized carbons (Fsp3) is 0.294. The predicted octanol–water partition coefficient (Wildman–Crippen LogP) is 1.79. The smallest absolute Gasteiger partial charge is 0.244 e. The minimum Gasteiger partial charge on any atom is -0.497 e. The second-order valence-electron chi connectivity index (χ2n) is 5.39. The normalized spacial score (nSPS) is 16.0. The number of ether oxygens (including phenoxy) is 4. The molecule has 0 saturated heterocycles. The first-order valence-corrected chi connectivity index (χ1v) is 7.50. The molecule has 25 heavy (non-hydrogen) atoms. The first-order valence-electron chi connectivity index (χ1n) is 7.50. The third-order valence-electron chi connectivity index (χ3n) is 4.06. The van der Waals surface area contributed by atoms with Crippen LogP contribution in [0.5, 0.6) is 17.4 Å². The summed E-state index contributed by atoms with van der Waals surface area (Å²) in [5.41, 5.74) is 8.40. The number of hydrogen-bond acceptors (Lipinski definition) is 7. The number of allylic oxidation sites excluding steroid dienone is 1. The lowest BCUT2D eigenvalue weighted by Crippen LogP contribution is -2.21. The van der Waals surface area contributed by atoms with E-state index in [0.29, 0.717) is 35.2 Å². The molecule has 3 rings (SSSR count). The molecule has 8 nitrogen and oxygen atoms in total. The van der Waals surface area contributed by atoms with Gasteiger partial charge in [-0.2, -0.15) is 5.26 Å². The van der Waals surface area contributed by atoms with Gasteiger partial charge in [-0.15, -0.1) is 5.10 Å². The molecule has 1 atom stereocenters. The summed E-state index contributed by atoms with van der Waals surface area (Å²) >= 11 is 0. The molecule has 2 aromatic rings. The maximum atomic E-state index is 9.65. The van der Waals surface area contributed by atoms with Crippen molar-refractivity contribution in [2.45, 2.75) is 12.5 Å². The first kappa shape index (κ1) is 16.7. The number of benzene rings is 1. The van der Waals surface area contributed by atoms with E-state index < -0.39 is 5.92 Å². The highest BCUT2D eigenvalue weighted by molar-refractivity contribution is 5.59. The fourth-order valence-electron chi connectivity index (χ4n) is 2.93. The number of methoxy groups -OCH3 is 3. The van der Waals surface area contributed by atoms with Gasteiger partial charge < -0.3 is 24.7 Å². The van der Waals surface area contributed by atoms with Crippen molar-refractivity contribution in [3.05, 3.63) is 46.5 Å². The van der Waals surface area contributed by atoms with E-state index in [1.165, 1.54) is 0 Å². The van der Waals surface area contributed by atoms with E-state index in [2.05, 4.69) is 16.3 Å². The van der Waals surface area contributed by atoms with E-state index in [9.17, 15) is 5.26 Å². The van der Waals surface area contributed by atoms with Gasteiger partial charge in [-0.1, -0.05) is 6.07 Å². The molecule has 0 fully saturated rings.